The normalized spacial score (nSPS) is 11.0. The van der Waals surface area contributed by atoms with E-state index in [1.165, 1.54) is 0 Å². The summed E-state index contributed by atoms with van der Waals surface area (Å²) in [6, 6.07) is 14.8. The van der Waals surface area contributed by atoms with Gasteiger partial charge in [-0.15, -0.1) is 0 Å². The second-order valence-corrected chi connectivity index (χ2v) is 4.68. The van der Waals surface area contributed by atoms with E-state index in [0.29, 0.717) is 28.1 Å². The van der Waals surface area contributed by atoms with Crippen molar-refractivity contribution < 1.29 is 0 Å². The van der Waals surface area contributed by atoms with Gasteiger partial charge in [0.25, 0.3) is 5.56 Å². The molecular formula is C16H10N4O. The van der Waals surface area contributed by atoms with E-state index in [4.69, 9.17) is 0 Å². The number of nitrogens with one attached hydrogen (secondary N) is 1. The molecule has 1 aromatic carbocycles. The monoisotopic (exact) mass is 274 g/mol. The molecule has 0 unspecified atom stereocenters. The van der Waals surface area contributed by atoms with Crippen LogP contribution in [0.2, 0.25) is 0 Å². The second kappa shape index (κ2) is 4.49. The average molecular weight is 274 g/mol. The van der Waals surface area contributed by atoms with Crippen LogP contribution in [0.3, 0.4) is 0 Å². The lowest BCUT2D eigenvalue weighted by atomic mass is 10.2. The quantitative estimate of drug-likeness (QED) is 0.579. The molecule has 4 aromatic rings. The van der Waals surface area contributed by atoms with Gasteiger partial charge in [-0.25, -0.2) is 15.0 Å². The minimum Gasteiger partial charge on any atom is -0.305 e. The topological polar surface area (TPSA) is 71.5 Å². The Hall–Kier alpha value is -3.08. The standard InChI is InChI=1S/C16H10N4O/c21-16-11-5-1-2-6-12(11)18-15(20-16)13-8-7-10-4-3-9-17-14(10)19-13/h1-9H,(H,18,20,21). The minimum absolute atomic E-state index is 0.168. The Morgan fingerprint density at radius 2 is 1.81 bits per heavy atom. The van der Waals surface area contributed by atoms with E-state index in [2.05, 4.69) is 19.9 Å². The molecule has 5 heteroatoms. The second-order valence-electron chi connectivity index (χ2n) is 4.68. The van der Waals surface area contributed by atoms with Crippen LogP contribution in [-0.2, 0) is 0 Å². The van der Waals surface area contributed by atoms with Crippen LogP contribution in [0, 0.1) is 0 Å². The molecule has 3 heterocycles. The van der Waals surface area contributed by atoms with Crippen molar-refractivity contribution in [1.82, 2.24) is 19.9 Å². The molecule has 0 spiro atoms. The largest absolute Gasteiger partial charge is 0.305 e. The first-order chi connectivity index (χ1) is 10.3. The number of hydrogen-bond donors (Lipinski definition) is 1. The van der Waals surface area contributed by atoms with Crippen molar-refractivity contribution in [2.75, 3.05) is 0 Å². The van der Waals surface area contributed by atoms with E-state index >= 15 is 0 Å². The maximum absolute atomic E-state index is 12.1. The number of hydrogen-bond acceptors (Lipinski definition) is 4. The number of aromatic nitrogens is 4. The molecule has 100 valence electrons. The predicted molar refractivity (Wildman–Crippen MR) is 80.9 cm³/mol. The molecule has 0 fully saturated rings. The molecule has 0 saturated heterocycles. The van der Waals surface area contributed by atoms with E-state index in [9.17, 15) is 4.79 Å². The molecule has 0 aliphatic heterocycles. The Kier molecular flexibility index (Phi) is 2.50. The van der Waals surface area contributed by atoms with Gasteiger partial charge in [0.1, 0.15) is 5.69 Å². The number of pyridine rings is 2. The minimum atomic E-state index is -0.168. The maximum Gasteiger partial charge on any atom is 0.259 e. The smallest absolute Gasteiger partial charge is 0.259 e. The molecule has 0 amide bonds. The number of benzene rings is 1. The predicted octanol–water partition coefficient (Wildman–Crippen LogP) is 2.53. The molecule has 5 nitrogen and oxygen atoms in total. The van der Waals surface area contributed by atoms with Crippen LogP contribution in [0.25, 0.3) is 33.5 Å². The highest BCUT2D eigenvalue weighted by molar-refractivity contribution is 5.80. The lowest BCUT2D eigenvalue weighted by molar-refractivity contribution is 1.15. The number of nitrogens with zero attached hydrogens (tertiary/aromatic N) is 3. The molecule has 3 aromatic heterocycles. The molecule has 0 saturated carbocycles. The van der Waals surface area contributed by atoms with Crippen molar-refractivity contribution in [2.45, 2.75) is 0 Å². The number of fused-ring (bicyclic) bond motifs is 2. The summed E-state index contributed by atoms with van der Waals surface area (Å²) in [6.45, 7) is 0. The highest BCUT2D eigenvalue weighted by Crippen LogP contribution is 2.17. The van der Waals surface area contributed by atoms with Crippen molar-refractivity contribution >= 4 is 21.9 Å². The van der Waals surface area contributed by atoms with Crippen LogP contribution in [0.4, 0.5) is 0 Å². The van der Waals surface area contributed by atoms with E-state index in [1.807, 2.05) is 42.5 Å². The van der Waals surface area contributed by atoms with Gasteiger partial charge in [-0.2, -0.15) is 0 Å². The third-order valence-electron chi connectivity index (χ3n) is 3.32. The third-order valence-corrected chi connectivity index (χ3v) is 3.32. The van der Waals surface area contributed by atoms with Gasteiger partial charge in [0.05, 0.1) is 10.9 Å². The van der Waals surface area contributed by atoms with Crippen molar-refractivity contribution in [2.24, 2.45) is 0 Å². The Morgan fingerprint density at radius 3 is 2.76 bits per heavy atom. The Balaban J connectivity index is 1.97. The fraction of sp³-hybridized carbons (Fsp3) is 0. The van der Waals surface area contributed by atoms with Gasteiger partial charge >= 0.3 is 0 Å². The molecule has 0 bridgehead atoms. The van der Waals surface area contributed by atoms with Crippen LogP contribution < -0.4 is 5.56 Å². The Morgan fingerprint density at radius 1 is 0.905 bits per heavy atom. The molecule has 1 N–H and O–H groups in total. The fourth-order valence-corrected chi connectivity index (χ4v) is 2.29. The van der Waals surface area contributed by atoms with Gasteiger partial charge in [0, 0.05) is 11.6 Å². The lowest BCUT2D eigenvalue weighted by Crippen LogP contribution is -2.09. The van der Waals surface area contributed by atoms with Crippen LogP contribution >= 0.6 is 0 Å². The van der Waals surface area contributed by atoms with Crippen molar-refractivity contribution in [3.8, 4) is 11.5 Å². The summed E-state index contributed by atoms with van der Waals surface area (Å²) in [7, 11) is 0. The zero-order chi connectivity index (χ0) is 14.2. The van der Waals surface area contributed by atoms with Crippen LogP contribution in [-0.4, -0.2) is 19.9 Å². The van der Waals surface area contributed by atoms with Crippen molar-refractivity contribution in [3.05, 3.63) is 65.1 Å². The van der Waals surface area contributed by atoms with Gasteiger partial charge in [-0.1, -0.05) is 12.1 Å². The van der Waals surface area contributed by atoms with Gasteiger partial charge in [0.15, 0.2) is 11.5 Å². The summed E-state index contributed by atoms with van der Waals surface area (Å²) < 4.78 is 0. The van der Waals surface area contributed by atoms with E-state index in [-0.39, 0.29) is 5.56 Å². The number of H-pyrrole nitrogens is 1. The molecular weight excluding hydrogens is 264 g/mol. The summed E-state index contributed by atoms with van der Waals surface area (Å²) in [6.07, 6.45) is 1.69. The van der Waals surface area contributed by atoms with Crippen molar-refractivity contribution in [3.63, 3.8) is 0 Å². The average Bonchev–Trinajstić information content (AvgIpc) is 2.54. The zero-order valence-corrected chi connectivity index (χ0v) is 10.9. The lowest BCUT2D eigenvalue weighted by Gasteiger charge is -2.03. The SMILES string of the molecule is O=c1[nH]c(-c2ccc3cccnc3n2)nc2ccccc12. The van der Waals surface area contributed by atoms with Gasteiger partial charge in [-0.3, -0.25) is 4.79 Å². The van der Waals surface area contributed by atoms with Crippen LogP contribution in [0.5, 0.6) is 0 Å². The van der Waals surface area contributed by atoms with E-state index in [1.54, 1.807) is 12.3 Å². The third kappa shape index (κ3) is 1.95. The number of aromatic amines is 1. The highest BCUT2D eigenvalue weighted by Gasteiger charge is 2.07. The van der Waals surface area contributed by atoms with Gasteiger partial charge < -0.3 is 4.98 Å². The first kappa shape index (κ1) is 11.7. The summed E-state index contributed by atoms with van der Waals surface area (Å²) in [5.41, 5.74) is 1.72. The Labute approximate surface area is 119 Å². The van der Waals surface area contributed by atoms with Crippen molar-refractivity contribution in [1.29, 1.82) is 0 Å². The molecule has 21 heavy (non-hydrogen) atoms. The zero-order valence-electron chi connectivity index (χ0n) is 10.9. The molecule has 0 radical (unpaired) electrons. The molecule has 0 aliphatic rings. The highest BCUT2D eigenvalue weighted by atomic mass is 16.1. The van der Waals surface area contributed by atoms with Gasteiger partial charge in [0.2, 0.25) is 0 Å². The van der Waals surface area contributed by atoms with E-state index < -0.39 is 0 Å². The molecule has 0 aliphatic carbocycles. The molecule has 4 rings (SSSR count). The first-order valence-electron chi connectivity index (χ1n) is 6.52. The van der Waals surface area contributed by atoms with Crippen LogP contribution in [0.15, 0.2) is 59.5 Å². The fourth-order valence-electron chi connectivity index (χ4n) is 2.29. The van der Waals surface area contributed by atoms with Gasteiger partial charge in [-0.05, 0) is 36.4 Å². The van der Waals surface area contributed by atoms with Crippen LogP contribution in [0.1, 0.15) is 0 Å². The molecule has 0 atom stereocenters. The number of para-hydroxylation sites is 1. The first-order valence-corrected chi connectivity index (χ1v) is 6.52. The summed E-state index contributed by atoms with van der Waals surface area (Å²) in [5.74, 6) is 0.450. The van der Waals surface area contributed by atoms with E-state index in [0.717, 1.165) is 5.39 Å². The summed E-state index contributed by atoms with van der Waals surface area (Å²) in [4.78, 5) is 28.0. The summed E-state index contributed by atoms with van der Waals surface area (Å²) >= 11 is 0. The Bertz CT molecular complexity index is 1020. The maximum atomic E-state index is 12.1. The summed E-state index contributed by atoms with van der Waals surface area (Å²) in [5, 5.41) is 1.52. The number of rotatable bonds is 1.